The molecule has 1 saturated heterocycles. The summed E-state index contributed by atoms with van der Waals surface area (Å²) in [6.45, 7) is 10.5. The molecule has 0 bridgehead atoms. The van der Waals surface area contributed by atoms with Crippen LogP contribution in [0.5, 0.6) is 0 Å². The van der Waals surface area contributed by atoms with Crippen LogP contribution in [0.25, 0.3) is 0 Å². The third kappa shape index (κ3) is 2.70. The predicted octanol–water partition coefficient (Wildman–Crippen LogP) is 5.00. The van der Waals surface area contributed by atoms with Crippen molar-refractivity contribution in [1.29, 1.82) is 0 Å². The average Bonchev–Trinajstić information content (AvgIpc) is 2.22. The Labute approximate surface area is 112 Å². The van der Waals surface area contributed by atoms with E-state index >= 15 is 0 Å². The summed E-state index contributed by atoms with van der Waals surface area (Å²) in [6, 6.07) is 5.24. The van der Waals surface area contributed by atoms with Crippen LogP contribution in [0.1, 0.15) is 17.2 Å². The van der Waals surface area contributed by atoms with Crippen LogP contribution >= 0.6 is 0 Å². The lowest BCUT2D eigenvalue weighted by molar-refractivity contribution is -0.137. The van der Waals surface area contributed by atoms with Gasteiger partial charge in [-0.05, 0) is 17.7 Å². The molecule has 1 aromatic rings. The molecule has 2 atom stereocenters. The minimum atomic E-state index is -4.29. The highest BCUT2D eigenvalue weighted by molar-refractivity contribution is 6.78. The molecule has 1 aliphatic rings. The lowest BCUT2D eigenvalue weighted by Gasteiger charge is -2.46. The van der Waals surface area contributed by atoms with Gasteiger partial charge in [-0.2, -0.15) is 13.2 Å². The van der Waals surface area contributed by atoms with Gasteiger partial charge in [0.2, 0.25) is 0 Å². The number of halogens is 3. The van der Waals surface area contributed by atoms with Crippen LogP contribution in [0.4, 0.5) is 13.2 Å². The van der Waals surface area contributed by atoms with E-state index in [0.29, 0.717) is 0 Å². The van der Waals surface area contributed by atoms with Gasteiger partial charge in [0.1, 0.15) is 6.10 Å². The van der Waals surface area contributed by atoms with Gasteiger partial charge in [0, 0.05) is 0 Å². The van der Waals surface area contributed by atoms with E-state index in [9.17, 15) is 13.2 Å². The molecule has 1 fully saturated rings. The molecule has 1 heterocycles. The van der Waals surface area contributed by atoms with Crippen LogP contribution in [-0.4, -0.2) is 8.07 Å². The van der Waals surface area contributed by atoms with Gasteiger partial charge in [-0.1, -0.05) is 38.4 Å². The molecule has 0 spiro atoms. The fourth-order valence-corrected chi connectivity index (χ4v) is 4.66. The molecule has 1 nitrogen and oxygen atoms in total. The van der Waals surface area contributed by atoms with Gasteiger partial charge in [0.25, 0.3) is 0 Å². The van der Waals surface area contributed by atoms with Crippen LogP contribution in [0.15, 0.2) is 36.6 Å². The predicted molar refractivity (Wildman–Crippen MR) is 71.5 cm³/mol. The van der Waals surface area contributed by atoms with Gasteiger partial charge in [0.05, 0.1) is 24.9 Å². The fraction of sp³-hybridized carbons (Fsp3) is 0.429. The van der Waals surface area contributed by atoms with E-state index in [0.717, 1.165) is 23.5 Å². The number of hydrogen-bond acceptors (Lipinski definition) is 1. The molecule has 0 saturated carbocycles. The summed E-state index contributed by atoms with van der Waals surface area (Å²) in [5.41, 5.74) is 0.441. The van der Waals surface area contributed by atoms with Gasteiger partial charge in [0.15, 0.2) is 0 Å². The first kappa shape index (κ1) is 14.2. The largest absolute Gasteiger partial charge is 0.490 e. The van der Waals surface area contributed by atoms with Crippen LogP contribution in [0, 0.1) is 0 Å². The molecule has 0 aromatic heterocycles. The third-order valence-corrected chi connectivity index (χ3v) is 5.92. The zero-order valence-electron chi connectivity index (χ0n) is 11.2. The fourth-order valence-electron chi connectivity index (χ4n) is 2.46. The van der Waals surface area contributed by atoms with E-state index in [4.69, 9.17) is 4.74 Å². The molecule has 19 heavy (non-hydrogen) atoms. The highest BCUT2D eigenvalue weighted by Gasteiger charge is 2.46. The Balaban J connectivity index is 2.22. The van der Waals surface area contributed by atoms with Crippen molar-refractivity contribution < 1.29 is 17.9 Å². The van der Waals surface area contributed by atoms with E-state index in [2.05, 4.69) is 26.2 Å². The second-order valence-corrected chi connectivity index (χ2v) is 11.3. The average molecular weight is 286 g/mol. The van der Waals surface area contributed by atoms with Gasteiger partial charge >= 0.3 is 6.18 Å². The summed E-state index contributed by atoms with van der Waals surface area (Å²) in [6.07, 6.45) is -4.43. The van der Waals surface area contributed by atoms with Crippen molar-refractivity contribution >= 4 is 8.07 Å². The summed E-state index contributed by atoms with van der Waals surface area (Å²) >= 11 is 0. The number of benzene rings is 1. The van der Waals surface area contributed by atoms with Crippen molar-refractivity contribution in [3.63, 3.8) is 0 Å². The van der Waals surface area contributed by atoms with Gasteiger partial charge in [-0.25, -0.2) is 0 Å². The second kappa shape index (κ2) is 4.40. The zero-order valence-corrected chi connectivity index (χ0v) is 12.2. The molecule has 5 heteroatoms. The normalized spacial score (nSPS) is 23.8. The molecule has 104 valence electrons. The maximum Gasteiger partial charge on any atom is 0.416 e. The lowest BCUT2D eigenvalue weighted by atomic mass is 9.99. The first-order valence-corrected chi connectivity index (χ1v) is 9.71. The molecule has 2 rings (SSSR count). The van der Waals surface area contributed by atoms with Crippen LogP contribution < -0.4 is 0 Å². The summed E-state index contributed by atoms with van der Waals surface area (Å²) in [5.74, 6) is 0.768. The van der Waals surface area contributed by atoms with Gasteiger partial charge in [-0.15, -0.1) is 0 Å². The second-order valence-electron chi connectivity index (χ2n) is 5.97. The molecule has 0 N–H and O–H groups in total. The van der Waals surface area contributed by atoms with E-state index < -0.39 is 19.8 Å². The monoisotopic (exact) mass is 286 g/mol. The standard InChI is InChI=1S/C14H17F3OSi/c1-9-13(19(2,3)4)12(18-9)10-5-7-11(8-6-10)14(15,16)17/h5-8,12-13H,1H2,2-4H3. The highest BCUT2D eigenvalue weighted by atomic mass is 28.3. The minimum absolute atomic E-state index is 0.138. The third-order valence-electron chi connectivity index (χ3n) is 3.43. The van der Waals surface area contributed by atoms with E-state index in [1.54, 1.807) is 0 Å². The van der Waals surface area contributed by atoms with Crippen LogP contribution in [0.2, 0.25) is 25.2 Å². The molecule has 2 unspecified atom stereocenters. The van der Waals surface area contributed by atoms with Crippen molar-refractivity contribution in [2.75, 3.05) is 0 Å². The van der Waals surface area contributed by atoms with Crippen molar-refractivity contribution in [2.45, 2.75) is 37.5 Å². The summed E-state index contributed by atoms with van der Waals surface area (Å²) in [5, 5.41) is 0. The molecule has 1 aliphatic heterocycles. The Kier molecular flexibility index (Phi) is 3.29. The quantitative estimate of drug-likeness (QED) is 0.695. The lowest BCUT2D eigenvalue weighted by Crippen LogP contribution is -2.41. The Bertz CT molecular complexity index is 485. The van der Waals surface area contributed by atoms with Crippen molar-refractivity contribution in [3.05, 3.63) is 47.7 Å². The van der Waals surface area contributed by atoms with Crippen LogP contribution in [0.3, 0.4) is 0 Å². The Morgan fingerprint density at radius 3 is 2.00 bits per heavy atom. The highest BCUT2D eigenvalue weighted by Crippen LogP contribution is 2.53. The Hall–Kier alpha value is -1.23. The van der Waals surface area contributed by atoms with E-state index in [1.165, 1.54) is 12.1 Å². The van der Waals surface area contributed by atoms with Gasteiger partial charge < -0.3 is 4.74 Å². The summed E-state index contributed by atoms with van der Waals surface area (Å²) in [7, 11) is -1.48. The van der Waals surface area contributed by atoms with Gasteiger partial charge in [-0.3, -0.25) is 0 Å². The molecular weight excluding hydrogens is 269 g/mol. The molecule has 1 aromatic carbocycles. The maximum atomic E-state index is 12.5. The van der Waals surface area contributed by atoms with Crippen molar-refractivity contribution in [2.24, 2.45) is 0 Å². The smallest absolute Gasteiger partial charge is 0.416 e. The number of hydrogen-bond donors (Lipinski definition) is 0. The number of ether oxygens (including phenoxy) is 1. The first-order chi connectivity index (χ1) is 8.60. The SMILES string of the molecule is C=C1OC(c2ccc(C(F)(F)F)cc2)C1[Si](C)(C)C. The Morgan fingerprint density at radius 2 is 1.63 bits per heavy atom. The minimum Gasteiger partial charge on any atom is -0.490 e. The van der Waals surface area contributed by atoms with Crippen molar-refractivity contribution in [1.82, 2.24) is 0 Å². The molecule has 0 aliphatic carbocycles. The van der Waals surface area contributed by atoms with E-state index in [1.807, 2.05) is 0 Å². The topological polar surface area (TPSA) is 9.23 Å². The summed E-state index contributed by atoms with van der Waals surface area (Å²) in [4.78, 5) is 0. The molecule has 0 radical (unpaired) electrons. The first-order valence-electron chi connectivity index (χ1n) is 6.13. The zero-order chi connectivity index (χ0) is 14.4. The number of alkyl halides is 3. The van der Waals surface area contributed by atoms with Crippen molar-refractivity contribution in [3.8, 4) is 0 Å². The number of rotatable bonds is 2. The van der Waals surface area contributed by atoms with Crippen LogP contribution in [-0.2, 0) is 10.9 Å². The summed E-state index contributed by atoms with van der Waals surface area (Å²) < 4.78 is 43.1. The molecule has 0 amide bonds. The Morgan fingerprint density at radius 1 is 1.11 bits per heavy atom. The maximum absolute atomic E-state index is 12.5. The van der Waals surface area contributed by atoms with E-state index in [-0.39, 0.29) is 11.6 Å². The molecular formula is C14H17F3OSi.